The molecule has 0 heterocycles. The van der Waals surface area contributed by atoms with Gasteiger partial charge in [-0.1, -0.05) is 6.92 Å². The van der Waals surface area contributed by atoms with Crippen molar-refractivity contribution in [3.63, 3.8) is 0 Å². The average molecular weight is 129 g/mol. The van der Waals surface area contributed by atoms with Crippen LogP contribution in [0.1, 0.15) is 27.2 Å². The predicted molar refractivity (Wildman–Crippen MR) is 35.7 cm³/mol. The van der Waals surface area contributed by atoms with Crippen LogP contribution in [0.25, 0.3) is 0 Å². The Morgan fingerprint density at radius 1 is 1.56 bits per heavy atom. The molecule has 0 aliphatic carbocycles. The zero-order chi connectivity index (χ0) is 7.44. The maximum absolute atomic E-state index is 10.1. The fourth-order valence-electron chi connectivity index (χ4n) is 0.665. The van der Waals surface area contributed by atoms with Gasteiger partial charge in [-0.3, -0.25) is 10.1 Å². The van der Waals surface area contributed by atoms with E-state index in [2.05, 4.69) is 0 Å². The van der Waals surface area contributed by atoms with E-state index in [1.54, 1.807) is 20.8 Å². The molecule has 0 atom stereocenters. The van der Waals surface area contributed by atoms with Gasteiger partial charge in [0.25, 0.3) is 0 Å². The normalized spacial score (nSPS) is 8.78. The van der Waals surface area contributed by atoms with Crippen LogP contribution in [0, 0.1) is 10.1 Å². The molecule has 0 bridgehead atoms. The first kappa shape index (κ1) is 8.14. The summed E-state index contributed by atoms with van der Waals surface area (Å²) < 4.78 is 0. The van der Waals surface area contributed by atoms with Gasteiger partial charge in [-0.2, -0.15) is 0 Å². The third-order valence-corrected chi connectivity index (χ3v) is 1.13. The van der Waals surface area contributed by atoms with E-state index in [1.165, 1.54) is 0 Å². The Morgan fingerprint density at radius 2 is 2.00 bits per heavy atom. The largest absolute Gasteiger partial charge is 0.259 e. The maximum atomic E-state index is 10.1. The molecule has 0 aromatic rings. The third kappa shape index (κ3) is 2.26. The van der Waals surface area contributed by atoms with Gasteiger partial charge in [-0.25, -0.2) is 0 Å². The molecule has 3 nitrogen and oxygen atoms in total. The Kier molecular flexibility index (Phi) is 2.91. The van der Waals surface area contributed by atoms with Gasteiger partial charge in [0.05, 0.1) is 4.92 Å². The first-order valence-corrected chi connectivity index (χ1v) is 2.90. The van der Waals surface area contributed by atoms with Crippen LogP contribution in [0.2, 0.25) is 0 Å². The Bertz CT molecular complexity index is 145. The maximum Gasteiger partial charge on any atom is 0.244 e. The van der Waals surface area contributed by atoms with Crippen molar-refractivity contribution in [1.82, 2.24) is 0 Å². The molecule has 0 N–H and O–H groups in total. The van der Waals surface area contributed by atoms with E-state index in [4.69, 9.17) is 0 Å². The van der Waals surface area contributed by atoms with E-state index in [0.717, 1.165) is 5.57 Å². The molecule has 0 aromatic heterocycles. The molecule has 0 unspecified atom stereocenters. The van der Waals surface area contributed by atoms with E-state index in [0.29, 0.717) is 12.1 Å². The van der Waals surface area contributed by atoms with E-state index in [-0.39, 0.29) is 4.92 Å². The van der Waals surface area contributed by atoms with Crippen molar-refractivity contribution in [2.24, 2.45) is 0 Å². The van der Waals surface area contributed by atoms with Crippen molar-refractivity contribution in [1.29, 1.82) is 0 Å². The molecule has 0 spiro atoms. The summed E-state index contributed by atoms with van der Waals surface area (Å²) in [5, 5.41) is 10.1. The van der Waals surface area contributed by atoms with Crippen LogP contribution in [-0.2, 0) is 0 Å². The van der Waals surface area contributed by atoms with E-state index >= 15 is 0 Å². The van der Waals surface area contributed by atoms with Gasteiger partial charge in [0, 0.05) is 6.42 Å². The average Bonchev–Trinajstić information content (AvgIpc) is 1.64. The highest BCUT2D eigenvalue weighted by Crippen LogP contribution is 2.06. The smallest absolute Gasteiger partial charge is 0.244 e. The zero-order valence-corrected chi connectivity index (χ0v) is 5.97. The third-order valence-electron chi connectivity index (χ3n) is 1.13. The Labute approximate surface area is 54.5 Å². The molecule has 0 radical (unpaired) electrons. The minimum atomic E-state index is -0.324. The molecule has 3 heteroatoms. The fraction of sp³-hybridized carbons (Fsp3) is 0.667. The molecule has 52 valence electrons. The molecule has 0 saturated carbocycles. The van der Waals surface area contributed by atoms with Crippen LogP contribution in [-0.4, -0.2) is 4.92 Å². The molecule has 0 aliphatic heterocycles. The Balaban J connectivity index is 4.35. The molecule has 0 fully saturated rings. The van der Waals surface area contributed by atoms with Crippen LogP contribution >= 0.6 is 0 Å². The lowest BCUT2D eigenvalue weighted by Gasteiger charge is -1.93. The summed E-state index contributed by atoms with van der Waals surface area (Å²) in [6, 6.07) is 0. The number of nitrogens with zero attached hydrogens (tertiary/aromatic N) is 1. The number of rotatable bonds is 2. The highest BCUT2D eigenvalue weighted by atomic mass is 16.6. The Morgan fingerprint density at radius 3 is 2.00 bits per heavy atom. The first-order valence-electron chi connectivity index (χ1n) is 2.90. The standard InChI is InChI=1S/C6H11NO2/c1-4-6(5(2)3)7(8)9/h4H2,1-3H3. The minimum absolute atomic E-state index is 0.324. The second-order valence-corrected chi connectivity index (χ2v) is 2.06. The Hall–Kier alpha value is -0.860. The van der Waals surface area contributed by atoms with Crippen LogP contribution in [0.5, 0.6) is 0 Å². The topological polar surface area (TPSA) is 43.1 Å². The summed E-state index contributed by atoms with van der Waals surface area (Å²) in [6.07, 6.45) is 0.509. The lowest BCUT2D eigenvalue weighted by atomic mass is 10.2. The molecular formula is C6H11NO2. The monoisotopic (exact) mass is 129 g/mol. The van der Waals surface area contributed by atoms with Gasteiger partial charge >= 0.3 is 0 Å². The molecular weight excluding hydrogens is 118 g/mol. The SMILES string of the molecule is CCC(=C(C)C)[N+](=O)[O-]. The molecule has 0 amide bonds. The van der Waals surface area contributed by atoms with E-state index in [9.17, 15) is 10.1 Å². The van der Waals surface area contributed by atoms with Crippen molar-refractivity contribution in [3.8, 4) is 0 Å². The van der Waals surface area contributed by atoms with Gasteiger partial charge in [0.15, 0.2) is 0 Å². The summed E-state index contributed by atoms with van der Waals surface area (Å²) in [5.41, 5.74) is 1.12. The van der Waals surface area contributed by atoms with Crippen molar-refractivity contribution in [2.75, 3.05) is 0 Å². The summed E-state index contributed by atoms with van der Waals surface area (Å²) >= 11 is 0. The number of allylic oxidation sites excluding steroid dienone is 2. The van der Waals surface area contributed by atoms with Crippen LogP contribution in [0.4, 0.5) is 0 Å². The molecule has 0 rings (SSSR count). The van der Waals surface area contributed by atoms with Gasteiger partial charge in [0.1, 0.15) is 0 Å². The molecule has 0 saturated heterocycles. The fourth-order valence-corrected chi connectivity index (χ4v) is 0.665. The molecule has 9 heavy (non-hydrogen) atoms. The highest BCUT2D eigenvalue weighted by Gasteiger charge is 2.07. The van der Waals surface area contributed by atoms with Crippen LogP contribution in [0.3, 0.4) is 0 Å². The van der Waals surface area contributed by atoms with Gasteiger partial charge < -0.3 is 0 Å². The quantitative estimate of drug-likeness (QED) is 0.422. The van der Waals surface area contributed by atoms with E-state index < -0.39 is 0 Å². The predicted octanol–water partition coefficient (Wildman–Crippen LogP) is 1.97. The van der Waals surface area contributed by atoms with E-state index in [1.807, 2.05) is 0 Å². The zero-order valence-electron chi connectivity index (χ0n) is 5.97. The second-order valence-electron chi connectivity index (χ2n) is 2.06. The number of nitro groups is 1. The minimum Gasteiger partial charge on any atom is -0.259 e. The van der Waals surface area contributed by atoms with Crippen LogP contribution in [0.15, 0.2) is 11.3 Å². The summed E-state index contributed by atoms with van der Waals surface area (Å²) in [6.45, 7) is 5.29. The summed E-state index contributed by atoms with van der Waals surface area (Å²) in [4.78, 5) is 9.80. The molecule has 0 aliphatic rings. The summed E-state index contributed by atoms with van der Waals surface area (Å²) in [5.74, 6) is 0. The second kappa shape index (κ2) is 3.22. The van der Waals surface area contributed by atoms with Crippen molar-refractivity contribution in [3.05, 3.63) is 21.4 Å². The summed E-state index contributed by atoms with van der Waals surface area (Å²) in [7, 11) is 0. The van der Waals surface area contributed by atoms with Crippen molar-refractivity contribution < 1.29 is 4.92 Å². The van der Waals surface area contributed by atoms with Crippen molar-refractivity contribution in [2.45, 2.75) is 27.2 Å². The van der Waals surface area contributed by atoms with Gasteiger partial charge in [-0.15, -0.1) is 0 Å². The van der Waals surface area contributed by atoms with Gasteiger partial charge in [-0.05, 0) is 19.4 Å². The number of hydrogen-bond donors (Lipinski definition) is 0. The van der Waals surface area contributed by atoms with Crippen molar-refractivity contribution >= 4 is 0 Å². The lowest BCUT2D eigenvalue weighted by molar-refractivity contribution is -0.428. The first-order chi connectivity index (χ1) is 4.09. The number of hydrogen-bond acceptors (Lipinski definition) is 2. The highest BCUT2D eigenvalue weighted by molar-refractivity contribution is 5.00. The molecule has 0 aromatic carbocycles. The lowest BCUT2D eigenvalue weighted by Crippen LogP contribution is -1.98. The van der Waals surface area contributed by atoms with Gasteiger partial charge in [0.2, 0.25) is 5.70 Å². The van der Waals surface area contributed by atoms with Crippen LogP contribution < -0.4 is 0 Å².